The summed E-state index contributed by atoms with van der Waals surface area (Å²) in [4.78, 5) is 0. The van der Waals surface area contributed by atoms with Gasteiger partial charge in [-0.05, 0) is 31.7 Å². The summed E-state index contributed by atoms with van der Waals surface area (Å²) in [6.45, 7) is 7.14. The molecular formula is C16H24O2. The molecule has 1 aliphatic rings. The molecule has 0 bridgehead atoms. The van der Waals surface area contributed by atoms with Crippen molar-refractivity contribution >= 4 is 0 Å². The Kier molecular flexibility index (Phi) is 3.96. The van der Waals surface area contributed by atoms with Crippen LogP contribution in [0.3, 0.4) is 0 Å². The SMILES string of the molecule is Cc1ccc(OCC2CCC2)c(C(C)(C)CO)c1. The standard InChI is InChI=1S/C16H24O2/c1-12-7-8-15(18-10-13-5-4-6-13)14(9-12)16(2,3)11-17/h7-9,13,17H,4-6,10-11H2,1-3H3. The van der Waals surface area contributed by atoms with Crippen LogP contribution in [0.2, 0.25) is 0 Å². The van der Waals surface area contributed by atoms with Gasteiger partial charge >= 0.3 is 0 Å². The topological polar surface area (TPSA) is 29.5 Å². The third-order valence-corrected chi connectivity index (χ3v) is 3.96. The van der Waals surface area contributed by atoms with Gasteiger partial charge in [-0.2, -0.15) is 0 Å². The van der Waals surface area contributed by atoms with Gasteiger partial charge in [-0.1, -0.05) is 38.0 Å². The van der Waals surface area contributed by atoms with Crippen LogP contribution in [0.4, 0.5) is 0 Å². The number of aliphatic hydroxyl groups excluding tert-OH is 1. The maximum atomic E-state index is 9.54. The summed E-state index contributed by atoms with van der Waals surface area (Å²) in [7, 11) is 0. The monoisotopic (exact) mass is 248 g/mol. The second-order valence-electron chi connectivity index (χ2n) is 6.15. The van der Waals surface area contributed by atoms with Gasteiger partial charge in [-0.15, -0.1) is 0 Å². The van der Waals surface area contributed by atoms with Crippen molar-refractivity contribution < 1.29 is 9.84 Å². The Morgan fingerprint density at radius 3 is 2.61 bits per heavy atom. The van der Waals surface area contributed by atoms with Crippen LogP contribution in [0.25, 0.3) is 0 Å². The van der Waals surface area contributed by atoms with Gasteiger partial charge in [0.1, 0.15) is 5.75 Å². The molecule has 0 radical (unpaired) electrons. The second-order valence-corrected chi connectivity index (χ2v) is 6.15. The molecule has 2 rings (SSSR count). The Bertz CT molecular complexity index is 406. The normalized spacial score (nSPS) is 16.4. The van der Waals surface area contributed by atoms with Gasteiger partial charge in [-0.25, -0.2) is 0 Å². The number of hydrogen-bond acceptors (Lipinski definition) is 2. The van der Waals surface area contributed by atoms with E-state index < -0.39 is 0 Å². The van der Waals surface area contributed by atoms with Crippen LogP contribution in [0.5, 0.6) is 5.75 Å². The van der Waals surface area contributed by atoms with Crippen LogP contribution in [0.15, 0.2) is 18.2 Å². The molecule has 100 valence electrons. The molecule has 1 saturated carbocycles. The molecule has 2 nitrogen and oxygen atoms in total. The van der Waals surface area contributed by atoms with Crippen molar-refractivity contribution in [3.8, 4) is 5.75 Å². The van der Waals surface area contributed by atoms with E-state index in [0.717, 1.165) is 23.8 Å². The average Bonchev–Trinajstić information content (AvgIpc) is 2.28. The average molecular weight is 248 g/mol. The molecule has 0 spiro atoms. The third kappa shape index (κ3) is 2.86. The highest BCUT2D eigenvalue weighted by atomic mass is 16.5. The van der Waals surface area contributed by atoms with Crippen molar-refractivity contribution in [1.29, 1.82) is 0 Å². The van der Waals surface area contributed by atoms with E-state index in [4.69, 9.17) is 4.74 Å². The number of aryl methyl sites for hydroxylation is 1. The lowest BCUT2D eigenvalue weighted by Crippen LogP contribution is -2.25. The van der Waals surface area contributed by atoms with Gasteiger partial charge in [0, 0.05) is 11.0 Å². The fourth-order valence-electron chi connectivity index (χ4n) is 2.25. The molecule has 0 amide bonds. The van der Waals surface area contributed by atoms with Crippen molar-refractivity contribution in [1.82, 2.24) is 0 Å². The summed E-state index contributed by atoms with van der Waals surface area (Å²) >= 11 is 0. The predicted octanol–water partition coefficient (Wildman–Crippen LogP) is 3.44. The van der Waals surface area contributed by atoms with Gasteiger partial charge in [0.25, 0.3) is 0 Å². The van der Waals surface area contributed by atoms with E-state index in [2.05, 4.69) is 32.9 Å². The quantitative estimate of drug-likeness (QED) is 0.865. The van der Waals surface area contributed by atoms with Crippen molar-refractivity contribution in [2.45, 2.75) is 45.4 Å². The predicted molar refractivity (Wildman–Crippen MR) is 74.1 cm³/mol. The summed E-state index contributed by atoms with van der Waals surface area (Å²) in [5.41, 5.74) is 2.08. The molecule has 1 N–H and O–H groups in total. The zero-order valence-electron chi connectivity index (χ0n) is 11.7. The van der Waals surface area contributed by atoms with Crippen molar-refractivity contribution in [3.63, 3.8) is 0 Å². The summed E-state index contributed by atoms with van der Waals surface area (Å²) in [6, 6.07) is 6.25. The first-order valence-corrected chi connectivity index (χ1v) is 6.88. The molecule has 2 heteroatoms. The maximum Gasteiger partial charge on any atom is 0.123 e. The smallest absolute Gasteiger partial charge is 0.123 e. The number of ether oxygens (including phenoxy) is 1. The fraction of sp³-hybridized carbons (Fsp3) is 0.625. The van der Waals surface area contributed by atoms with Gasteiger partial charge in [-0.3, -0.25) is 0 Å². The van der Waals surface area contributed by atoms with Crippen molar-refractivity contribution in [2.75, 3.05) is 13.2 Å². The van der Waals surface area contributed by atoms with Gasteiger partial charge < -0.3 is 9.84 Å². The van der Waals surface area contributed by atoms with Crippen LogP contribution in [0, 0.1) is 12.8 Å². The Labute approximate surface area is 110 Å². The molecule has 1 aromatic carbocycles. The molecule has 0 atom stereocenters. The molecule has 0 unspecified atom stereocenters. The largest absolute Gasteiger partial charge is 0.493 e. The molecule has 0 aromatic heterocycles. The minimum Gasteiger partial charge on any atom is -0.493 e. The minimum atomic E-state index is -0.249. The van der Waals surface area contributed by atoms with E-state index in [-0.39, 0.29) is 12.0 Å². The summed E-state index contributed by atoms with van der Waals surface area (Å²) in [5, 5.41) is 9.54. The van der Waals surface area contributed by atoms with Gasteiger partial charge in [0.2, 0.25) is 0 Å². The number of aliphatic hydroxyl groups is 1. The van der Waals surface area contributed by atoms with Crippen molar-refractivity contribution in [3.05, 3.63) is 29.3 Å². The Hall–Kier alpha value is -1.02. The van der Waals surface area contributed by atoms with Gasteiger partial charge in [0.15, 0.2) is 0 Å². The summed E-state index contributed by atoms with van der Waals surface area (Å²) in [6.07, 6.45) is 3.94. The first kappa shape index (κ1) is 13.4. The third-order valence-electron chi connectivity index (χ3n) is 3.96. The Morgan fingerprint density at radius 2 is 2.06 bits per heavy atom. The first-order valence-electron chi connectivity index (χ1n) is 6.88. The lowest BCUT2D eigenvalue weighted by atomic mass is 9.84. The highest BCUT2D eigenvalue weighted by molar-refractivity contribution is 5.41. The van der Waals surface area contributed by atoms with E-state index in [0.29, 0.717) is 0 Å². The van der Waals surface area contributed by atoms with E-state index in [1.54, 1.807) is 0 Å². The molecule has 0 heterocycles. The highest BCUT2D eigenvalue weighted by Gasteiger charge is 2.25. The summed E-state index contributed by atoms with van der Waals surface area (Å²) < 4.78 is 5.97. The van der Waals surface area contributed by atoms with E-state index in [1.807, 2.05) is 6.07 Å². The fourth-order valence-corrected chi connectivity index (χ4v) is 2.25. The number of rotatable bonds is 5. The molecule has 0 saturated heterocycles. The highest BCUT2D eigenvalue weighted by Crippen LogP contribution is 2.34. The maximum absolute atomic E-state index is 9.54. The zero-order chi connectivity index (χ0) is 13.2. The Morgan fingerprint density at radius 1 is 1.33 bits per heavy atom. The van der Waals surface area contributed by atoms with Crippen molar-refractivity contribution in [2.24, 2.45) is 5.92 Å². The molecule has 0 aliphatic heterocycles. The lowest BCUT2D eigenvalue weighted by molar-refractivity contribution is 0.172. The number of hydrogen-bond donors (Lipinski definition) is 1. The van der Waals surface area contributed by atoms with Crippen LogP contribution in [0.1, 0.15) is 44.2 Å². The minimum absolute atomic E-state index is 0.135. The molecule has 1 fully saturated rings. The van der Waals surface area contributed by atoms with Gasteiger partial charge in [0.05, 0.1) is 13.2 Å². The second kappa shape index (κ2) is 5.31. The van der Waals surface area contributed by atoms with Crippen LogP contribution < -0.4 is 4.74 Å². The number of benzene rings is 1. The molecule has 1 aliphatic carbocycles. The lowest BCUT2D eigenvalue weighted by Gasteiger charge is -2.29. The van der Waals surface area contributed by atoms with Crippen LogP contribution in [-0.4, -0.2) is 18.3 Å². The van der Waals surface area contributed by atoms with Crippen LogP contribution in [-0.2, 0) is 5.41 Å². The summed E-state index contributed by atoms with van der Waals surface area (Å²) in [5.74, 6) is 1.67. The van der Waals surface area contributed by atoms with E-state index in [1.165, 1.54) is 24.8 Å². The first-order chi connectivity index (χ1) is 8.53. The molecule has 1 aromatic rings. The van der Waals surface area contributed by atoms with E-state index >= 15 is 0 Å². The van der Waals surface area contributed by atoms with E-state index in [9.17, 15) is 5.11 Å². The molecule has 18 heavy (non-hydrogen) atoms. The van der Waals surface area contributed by atoms with Crippen LogP contribution >= 0.6 is 0 Å². The molecular weight excluding hydrogens is 224 g/mol. The zero-order valence-corrected chi connectivity index (χ0v) is 11.7. The Balaban J connectivity index is 2.16.